The van der Waals surface area contributed by atoms with E-state index in [9.17, 15) is 4.79 Å². The average molecular weight is 466 g/mol. The van der Waals surface area contributed by atoms with Crippen LogP contribution >= 0.6 is 0 Å². The predicted octanol–water partition coefficient (Wildman–Crippen LogP) is 2.86. The second-order valence-electron chi connectivity index (χ2n) is 8.74. The zero-order chi connectivity index (χ0) is 23.3. The standard InChI is InChI=1S/C27H31NO6/c29-10-13-32-14-15-33-26-18-20(17-25(34-26)27(30)28-8-11-31-12-9-28)22-6-3-7-23-21-5-2-1-4-19(21)16-24(22)23/h1-7,17,20,26,29H,8-16,18H2/t20-,26+/m1/s1. The molecule has 1 N–H and O–H groups in total. The Bertz CT molecular complexity index is 1050. The largest absolute Gasteiger partial charge is 0.459 e. The number of fused-ring (bicyclic) bond motifs is 3. The van der Waals surface area contributed by atoms with Crippen molar-refractivity contribution in [2.75, 3.05) is 52.7 Å². The van der Waals surface area contributed by atoms with Gasteiger partial charge in [-0.3, -0.25) is 4.79 Å². The summed E-state index contributed by atoms with van der Waals surface area (Å²) in [5.74, 6) is 0.225. The van der Waals surface area contributed by atoms with Crippen LogP contribution in [0, 0.1) is 0 Å². The van der Waals surface area contributed by atoms with Crippen molar-refractivity contribution in [2.45, 2.75) is 25.0 Å². The third kappa shape index (κ3) is 4.88. The first-order valence-electron chi connectivity index (χ1n) is 12.0. The van der Waals surface area contributed by atoms with Gasteiger partial charge in [-0.15, -0.1) is 0 Å². The summed E-state index contributed by atoms with van der Waals surface area (Å²) in [4.78, 5) is 15.1. The van der Waals surface area contributed by atoms with E-state index in [1.54, 1.807) is 4.90 Å². The Morgan fingerprint density at radius 3 is 2.71 bits per heavy atom. The zero-order valence-electron chi connectivity index (χ0n) is 19.3. The topological polar surface area (TPSA) is 77.5 Å². The Morgan fingerprint density at radius 2 is 1.85 bits per heavy atom. The van der Waals surface area contributed by atoms with E-state index in [1.165, 1.54) is 27.8 Å². The molecule has 1 fully saturated rings. The Labute approximate surface area is 199 Å². The summed E-state index contributed by atoms with van der Waals surface area (Å²) in [5, 5.41) is 8.89. The number of hydrogen-bond acceptors (Lipinski definition) is 6. The van der Waals surface area contributed by atoms with Crippen LogP contribution in [0.5, 0.6) is 0 Å². The number of ether oxygens (including phenoxy) is 4. The fourth-order valence-electron chi connectivity index (χ4n) is 4.98. The lowest BCUT2D eigenvalue weighted by atomic mass is 9.87. The Hall–Kier alpha value is -2.71. The normalized spacial score (nSPS) is 21.4. The van der Waals surface area contributed by atoms with Crippen LogP contribution in [0.4, 0.5) is 0 Å². The Morgan fingerprint density at radius 1 is 1.03 bits per heavy atom. The van der Waals surface area contributed by atoms with E-state index in [-0.39, 0.29) is 25.0 Å². The Kier molecular flexibility index (Phi) is 7.25. The number of carbonyl (C=O) groups excluding carboxylic acids is 1. The first kappa shape index (κ1) is 23.1. The van der Waals surface area contributed by atoms with Gasteiger partial charge >= 0.3 is 0 Å². The molecule has 2 aromatic carbocycles. The van der Waals surface area contributed by atoms with Crippen LogP contribution in [0.3, 0.4) is 0 Å². The van der Waals surface area contributed by atoms with Gasteiger partial charge in [-0.25, -0.2) is 0 Å². The van der Waals surface area contributed by atoms with Gasteiger partial charge in [0.25, 0.3) is 5.91 Å². The maximum atomic E-state index is 13.3. The Balaban J connectivity index is 1.40. The lowest BCUT2D eigenvalue weighted by Gasteiger charge is -2.33. The number of aliphatic hydroxyl groups is 1. The van der Waals surface area contributed by atoms with E-state index >= 15 is 0 Å². The van der Waals surface area contributed by atoms with E-state index in [1.807, 2.05) is 6.08 Å². The van der Waals surface area contributed by atoms with Gasteiger partial charge < -0.3 is 29.0 Å². The lowest BCUT2D eigenvalue weighted by molar-refractivity contribution is -0.158. The minimum atomic E-state index is -0.549. The monoisotopic (exact) mass is 465 g/mol. The van der Waals surface area contributed by atoms with Crippen LogP contribution in [0.25, 0.3) is 11.1 Å². The fraction of sp³-hybridized carbons (Fsp3) is 0.444. The zero-order valence-corrected chi connectivity index (χ0v) is 19.3. The molecular weight excluding hydrogens is 434 g/mol. The third-order valence-electron chi connectivity index (χ3n) is 6.62. The highest BCUT2D eigenvalue weighted by molar-refractivity contribution is 5.92. The number of allylic oxidation sites excluding steroid dienone is 1. The van der Waals surface area contributed by atoms with Crippen LogP contribution in [-0.2, 0) is 30.2 Å². The average Bonchev–Trinajstić information content (AvgIpc) is 3.27. The van der Waals surface area contributed by atoms with Gasteiger partial charge in [0.05, 0.1) is 39.6 Å². The molecule has 0 bridgehead atoms. The summed E-state index contributed by atoms with van der Waals surface area (Å²) >= 11 is 0. The van der Waals surface area contributed by atoms with Crippen LogP contribution in [0.1, 0.15) is 29.0 Å². The van der Waals surface area contributed by atoms with Gasteiger partial charge in [-0.1, -0.05) is 42.5 Å². The lowest BCUT2D eigenvalue weighted by Crippen LogP contribution is -2.43. The second-order valence-corrected chi connectivity index (χ2v) is 8.74. The second kappa shape index (κ2) is 10.7. The molecule has 180 valence electrons. The first-order valence-corrected chi connectivity index (χ1v) is 12.0. The van der Waals surface area contributed by atoms with Gasteiger partial charge in [0, 0.05) is 25.4 Å². The molecule has 7 nitrogen and oxygen atoms in total. The van der Waals surface area contributed by atoms with E-state index in [2.05, 4.69) is 42.5 Å². The number of carbonyl (C=O) groups is 1. The summed E-state index contributed by atoms with van der Waals surface area (Å²) < 4.78 is 22.7. The number of benzene rings is 2. The SMILES string of the molecule is O=C(C1=C[C@@H](c2cccc3c2Cc2ccccc2-3)C[C@@H](OCCOCCO)O1)N1CCOCC1. The first-order chi connectivity index (χ1) is 16.7. The molecule has 2 aromatic rings. The van der Waals surface area contributed by atoms with Crippen molar-refractivity contribution in [1.29, 1.82) is 0 Å². The summed E-state index contributed by atoms with van der Waals surface area (Å²) in [6.07, 6.45) is 2.93. The molecule has 2 heterocycles. The molecule has 2 atom stereocenters. The molecular formula is C27H31NO6. The smallest absolute Gasteiger partial charge is 0.288 e. The third-order valence-corrected chi connectivity index (χ3v) is 6.62. The highest BCUT2D eigenvalue weighted by Gasteiger charge is 2.33. The molecule has 0 spiro atoms. The molecule has 1 aliphatic carbocycles. The van der Waals surface area contributed by atoms with Gasteiger partial charge in [-0.2, -0.15) is 0 Å². The minimum absolute atomic E-state index is 0.00126. The molecule has 3 aliphatic rings. The van der Waals surface area contributed by atoms with Crippen molar-refractivity contribution < 1.29 is 28.8 Å². The van der Waals surface area contributed by atoms with Gasteiger partial charge in [0.1, 0.15) is 0 Å². The molecule has 0 aromatic heterocycles. The van der Waals surface area contributed by atoms with Gasteiger partial charge in [0.2, 0.25) is 6.29 Å². The molecule has 0 radical (unpaired) electrons. The number of aliphatic hydroxyl groups excluding tert-OH is 1. The summed E-state index contributed by atoms with van der Waals surface area (Å²) in [6.45, 7) is 3.12. The number of rotatable bonds is 8. The van der Waals surface area contributed by atoms with Crippen molar-refractivity contribution in [3.05, 3.63) is 71.0 Å². The van der Waals surface area contributed by atoms with Crippen LogP contribution < -0.4 is 0 Å². The molecule has 5 rings (SSSR count). The summed E-state index contributed by atoms with van der Waals surface area (Å²) in [7, 11) is 0. The van der Waals surface area contributed by atoms with Crippen molar-refractivity contribution >= 4 is 5.91 Å². The van der Waals surface area contributed by atoms with E-state index in [0.29, 0.717) is 51.7 Å². The van der Waals surface area contributed by atoms with Crippen LogP contribution in [0.2, 0.25) is 0 Å². The van der Waals surface area contributed by atoms with Crippen LogP contribution in [0.15, 0.2) is 54.3 Å². The molecule has 7 heteroatoms. The van der Waals surface area contributed by atoms with Crippen molar-refractivity contribution in [1.82, 2.24) is 4.90 Å². The highest BCUT2D eigenvalue weighted by Crippen LogP contribution is 2.43. The maximum Gasteiger partial charge on any atom is 0.288 e. The van der Waals surface area contributed by atoms with Gasteiger partial charge in [-0.05, 0) is 40.3 Å². The van der Waals surface area contributed by atoms with E-state index in [4.69, 9.17) is 24.1 Å². The molecule has 1 saturated heterocycles. The molecule has 34 heavy (non-hydrogen) atoms. The summed E-state index contributed by atoms with van der Waals surface area (Å²) in [5.41, 5.74) is 6.42. The quantitative estimate of drug-likeness (QED) is 0.516. The minimum Gasteiger partial charge on any atom is -0.459 e. The molecule has 0 unspecified atom stereocenters. The fourth-order valence-corrected chi connectivity index (χ4v) is 4.98. The van der Waals surface area contributed by atoms with Crippen molar-refractivity contribution in [3.8, 4) is 11.1 Å². The summed E-state index contributed by atoms with van der Waals surface area (Å²) in [6, 6.07) is 15.0. The van der Waals surface area contributed by atoms with Gasteiger partial charge in [0.15, 0.2) is 5.76 Å². The van der Waals surface area contributed by atoms with Crippen molar-refractivity contribution in [3.63, 3.8) is 0 Å². The maximum absolute atomic E-state index is 13.3. The van der Waals surface area contributed by atoms with Crippen molar-refractivity contribution in [2.24, 2.45) is 0 Å². The number of hydrogen-bond donors (Lipinski definition) is 1. The number of amides is 1. The predicted molar refractivity (Wildman–Crippen MR) is 126 cm³/mol. The number of nitrogens with zero attached hydrogens (tertiary/aromatic N) is 1. The highest BCUT2D eigenvalue weighted by atomic mass is 16.7. The molecule has 1 amide bonds. The van der Waals surface area contributed by atoms with Crippen LogP contribution in [-0.4, -0.2) is 74.9 Å². The number of morpholine rings is 1. The molecule has 0 saturated carbocycles. The van der Waals surface area contributed by atoms with E-state index < -0.39 is 6.29 Å². The molecule has 2 aliphatic heterocycles. The van der Waals surface area contributed by atoms with E-state index in [0.717, 1.165) is 6.42 Å².